The number of nitrogens with one attached hydrogen (secondary N) is 1. The average molecular weight is 214 g/mol. The van der Waals surface area contributed by atoms with E-state index in [4.69, 9.17) is 11.6 Å². The first kappa shape index (κ1) is 13.1. The Kier molecular flexibility index (Phi) is 6.60. The van der Waals surface area contributed by atoms with Crippen LogP contribution in [0.25, 0.3) is 0 Å². The molecule has 0 aliphatic rings. The molecule has 0 aromatic carbocycles. The minimum absolute atomic E-state index is 0.0593. The standard InChI is InChI=1S/C9H18ClF2N/c1-9(2,4-3-5-10)7-13-6-8(11)12/h8,13H,3-7H2,1-2H3. The van der Waals surface area contributed by atoms with E-state index in [2.05, 4.69) is 19.2 Å². The van der Waals surface area contributed by atoms with Gasteiger partial charge in [0.1, 0.15) is 0 Å². The lowest BCUT2D eigenvalue weighted by atomic mass is 9.88. The summed E-state index contributed by atoms with van der Waals surface area (Å²) in [7, 11) is 0. The predicted molar refractivity (Wildman–Crippen MR) is 52.6 cm³/mol. The Morgan fingerprint density at radius 3 is 2.46 bits per heavy atom. The van der Waals surface area contributed by atoms with E-state index >= 15 is 0 Å². The smallest absolute Gasteiger partial charge is 0.250 e. The van der Waals surface area contributed by atoms with Gasteiger partial charge in [-0.25, -0.2) is 8.78 Å². The molecule has 0 rings (SSSR count). The summed E-state index contributed by atoms with van der Waals surface area (Å²) in [6, 6.07) is 0. The summed E-state index contributed by atoms with van der Waals surface area (Å²) in [5, 5.41) is 2.74. The van der Waals surface area contributed by atoms with Crippen molar-refractivity contribution in [3.63, 3.8) is 0 Å². The second kappa shape index (κ2) is 6.55. The summed E-state index contributed by atoms with van der Waals surface area (Å²) in [5.74, 6) is 0.637. The molecule has 1 N–H and O–H groups in total. The van der Waals surface area contributed by atoms with Crippen LogP contribution in [-0.2, 0) is 0 Å². The highest BCUT2D eigenvalue weighted by atomic mass is 35.5. The van der Waals surface area contributed by atoms with Gasteiger partial charge in [-0.1, -0.05) is 13.8 Å². The molecule has 1 nitrogen and oxygen atoms in total. The lowest BCUT2D eigenvalue weighted by Gasteiger charge is -2.24. The Labute approximate surface area is 83.8 Å². The van der Waals surface area contributed by atoms with E-state index in [1.165, 1.54) is 0 Å². The fraction of sp³-hybridized carbons (Fsp3) is 1.00. The van der Waals surface area contributed by atoms with E-state index in [1.807, 2.05) is 0 Å². The van der Waals surface area contributed by atoms with E-state index in [0.29, 0.717) is 12.4 Å². The number of rotatable bonds is 7. The van der Waals surface area contributed by atoms with Crippen LogP contribution in [-0.4, -0.2) is 25.4 Å². The summed E-state index contributed by atoms with van der Waals surface area (Å²) in [5.41, 5.74) is 0.0593. The SMILES string of the molecule is CC(C)(CCCCl)CNCC(F)F. The van der Waals surface area contributed by atoms with Crippen molar-refractivity contribution in [3.05, 3.63) is 0 Å². The number of halogens is 3. The van der Waals surface area contributed by atoms with Gasteiger partial charge in [-0.3, -0.25) is 0 Å². The molecule has 0 amide bonds. The summed E-state index contributed by atoms with van der Waals surface area (Å²) >= 11 is 5.55. The molecule has 0 aromatic rings. The van der Waals surface area contributed by atoms with E-state index in [9.17, 15) is 8.78 Å². The van der Waals surface area contributed by atoms with Gasteiger partial charge in [0.25, 0.3) is 6.43 Å². The molecule has 0 bridgehead atoms. The van der Waals surface area contributed by atoms with Gasteiger partial charge in [0.15, 0.2) is 0 Å². The third-order valence-electron chi connectivity index (χ3n) is 1.89. The monoisotopic (exact) mass is 213 g/mol. The molecular formula is C9H18ClF2N. The lowest BCUT2D eigenvalue weighted by Crippen LogP contribution is -2.32. The Morgan fingerprint density at radius 2 is 2.00 bits per heavy atom. The molecule has 0 unspecified atom stereocenters. The van der Waals surface area contributed by atoms with E-state index < -0.39 is 6.43 Å². The second-order valence-electron chi connectivity index (χ2n) is 3.98. The van der Waals surface area contributed by atoms with E-state index in [-0.39, 0.29) is 12.0 Å². The van der Waals surface area contributed by atoms with Gasteiger partial charge in [-0.05, 0) is 18.3 Å². The Balaban J connectivity index is 3.50. The van der Waals surface area contributed by atoms with Crippen LogP contribution in [0.4, 0.5) is 8.78 Å². The maximum atomic E-state index is 11.8. The van der Waals surface area contributed by atoms with Gasteiger partial charge in [0.2, 0.25) is 0 Å². The van der Waals surface area contributed by atoms with Crippen molar-refractivity contribution in [1.82, 2.24) is 5.32 Å². The normalized spacial score (nSPS) is 12.5. The van der Waals surface area contributed by atoms with Crippen molar-refractivity contribution in [3.8, 4) is 0 Å². The number of hydrogen-bond donors (Lipinski definition) is 1. The fourth-order valence-electron chi connectivity index (χ4n) is 1.15. The van der Waals surface area contributed by atoms with Crippen LogP contribution in [0.15, 0.2) is 0 Å². The summed E-state index contributed by atoms with van der Waals surface area (Å²) in [6.45, 7) is 4.51. The van der Waals surface area contributed by atoms with Gasteiger partial charge in [-0.15, -0.1) is 11.6 Å². The van der Waals surface area contributed by atoms with Gasteiger partial charge in [0, 0.05) is 12.4 Å². The molecule has 0 fully saturated rings. The zero-order chi connectivity index (χ0) is 10.3. The van der Waals surface area contributed by atoms with Crippen molar-refractivity contribution in [2.75, 3.05) is 19.0 Å². The molecule has 0 saturated carbocycles. The minimum Gasteiger partial charge on any atom is -0.311 e. The molecule has 0 saturated heterocycles. The van der Waals surface area contributed by atoms with Crippen molar-refractivity contribution in [2.24, 2.45) is 5.41 Å². The maximum Gasteiger partial charge on any atom is 0.250 e. The molecule has 4 heteroatoms. The quantitative estimate of drug-likeness (QED) is 0.642. The molecule has 0 atom stereocenters. The largest absolute Gasteiger partial charge is 0.311 e. The van der Waals surface area contributed by atoms with Crippen molar-refractivity contribution >= 4 is 11.6 Å². The maximum absolute atomic E-state index is 11.8. The first-order valence-corrected chi connectivity index (χ1v) is 5.06. The van der Waals surface area contributed by atoms with Crippen LogP contribution in [0.1, 0.15) is 26.7 Å². The van der Waals surface area contributed by atoms with Crippen LogP contribution >= 0.6 is 11.6 Å². The van der Waals surface area contributed by atoms with Crippen molar-refractivity contribution in [2.45, 2.75) is 33.1 Å². The van der Waals surface area contributed by atoms with Gasteiger partial charge in [-0.2, -0.15) is 0 Å². The van der Waals surface area contributed by atoms with Crippen LogP contribution in [0, 0.1) is 5.41 Å². The molecule has 0 aliphatic heterocycles. The van der Waals surface area contributed by atoms with Crippen molar-refractivity contribution < 1.29 is 8.78 Å². The molecule has 0 aliphatic carbocycles. The first-order valence-electron chi connectivity index (χ1n) is 4.53. The van der Waals surface area contributed by atoms with Gasteiger partial charge >= 0.3 is 0 Å². The molecule has 0 heterocycles. The van der Waals surface area contributed by atoms with E-state index in [0.717, 1.165) is 12.8 Å². The first-order chi connectivity index (χ1) is 5.98. The lowest BCUT2D eigenvalue weighted by molar-refractivity contribution is 0.140. The Hall–Kier alpha value is 0.110. The van der Waals surface area contributed by atoms with E-state index in [1.54, 1.807) is 0 Å². The highest BCUT2D eigenvalue weighted by Gasteiger charge is 2.17. The zero-order valence-electron chi connectivity index (χ0n) is 8.25. The summed E-state index contributed by atoms with van der Waals surface area (Å²) in [6.07, 6.45) is -0.360. The average Bonchev–Trinajstić information content (AvgIpc) is 2.00. The molecule has 0 radical (unpaired) electrons. The molecule has 13 heavy (non-hydrogen) atoms. The van der Waals surface area contributed by atoms with Crippen LogP contribution in [0.2, 0.25) is 0 Å². The molecular weight excluding hydrogens is 196 g/mol. The summed E-state index contributed by atoms with van der Waals surface area (Å²) < 4.78 is 23.6. The molecule has 80 valence electrons. The highest BCUT2D eigenvalue weighted by molar-refractivity contribution is 6.17. The number of hydrogen-bond acceptors (Lipinski definition) is 1. The predicted octanol–water partition coefficient (Wildman–Crippen LogP) is 2.89. The highest BCUT2D eigenvalue weighted by Crippen LogP contribution is 2.21. The summed E-state index contributed by atoms with van der Waals surface area (Å²) in [4.78, 5) is 0. The third-order valence-corrected chi connectivity index (χ3v) is 2.16. The van der Waals surface area contributed by atoms with Gasteiger partial charge < -0.3 is 5.32 Å². The van der Waals surface area contributed by atoms with Crippen LogP contribution in [0.3, 0.4) is 0 Å². The van der Waals surface area contributed by atoms with Crippen molar-refractivity contribution in [1.29, 1.82) is 0 Å². The Morgan fingerprint density at radius 1 is 1.38 bits per heavy atom. The number of alkyl halides is 3. The van der Waals surface area contributed by atoms with Crippen LogP contribution < -0.4 is 5.32 Å². The second-order valence-corrected chi connectivity index (χ2v) is 4.36. The topological polar surface area (TPSA) is 12.0 Å². The van der Waals surface area contributed by atoms with Gasteiger partial charge in [0.05, 0.1) is 6.54 Å². The zero-order valence-corrected chi connectivity index (χ0v) is 9.00. The Bertz CT molecular complexity index is 129. The molecule has 0 aromatic heterocycles. The molecule has 0 spiro atoms. The van der Waals surface area contributed by atoms with Crippen LogP contribution in [0.5, 0.6) is 0 Å². The third kappa shape index (κ3) is 8.44. The minimum atomic E-state index is -2.26. The fourth-order valence-corrected chi connectivity index (χ4v) is 1.29.